The van der Waals surface area contributed by atoms with Gasteiger partial charge in [-0.2, -0.15) is 5.26 Å². The van der Waals surface area contributed by atoms with Crippen molar-refractivity contribution in [3.63, 3.8) is 0 Å². The maximum absolute atomic E-state index is 8.77. The summed E-state index contributed by atoms with van der Waals surface area (Å²) in [5.74, 6) is 0. The molecule has 3 heteroatoms. The molecule has 2 nitrogen and oxygen atoms in total. The molecule has 0 spiro atoms. The summed E-state index contributed by atoms with van der Waals surface area (Å²) in [5.41, 5.74) is 7.59. The summed E-state index contributed by atoms with van der Waals surface area (Å²) in [5, 5.41) is 9.76. The predicted octanol–water partition coefficient (Wildman–Crippen LogP) is 2.66. The van der Waals surface area contributed by atoms with Crippen LogP contribution in [0.5, 0.6) is 0 Å². The predicted molar refractivity (Wildman–Crippen MR) is 55.7 cm³/mol. The summed E-state index contributed by atoms with van der Waals surface area (Å²) in [6.07, 6.45) is 0. The van der Waals surface area contributed by atoms with Gasteiger partial charge in [-0.1, -0.05) is 12.1 Å². The number of benzene rings is 1. The van der Waals surface area contributed by atoms with E-state index in [4.69, 9.17) is 11.0 Å². The van der Waals surface area contributed by atoms with Crippen molar-refractivity contribution in [2.24, 2.45) is 0 Å². The van der Waals surface area contributed by atoms with Gasteiger partial charge in [-0.25, -0.2) is 0 Å². The van der Waals surface area contributed by atoms with Crippen molar-refractivity contribution in [1.29, 1.82) is 5.26 Å². The Balaban J connectivity index is 2.86. The molecule has 2 aromatic rings. The number of hydrogen-bond acceptors (Lipinski definition) is 3. The van der Waals surface area contributed by atoms with Crippen molar-refractivity contribution in [3.05, 3.63) is 28.6 Å². The standard InChI is InChI=1S/C10H8N2S/c1-6-2-3-7-8(4-6)13-9(5-11)10(7)12/h2-4H,12H2,1H3. The van der Waals surface area contributed by atoms with Crippen molar-refractivity contribution in [1.82, 2.24) is 0 Å². The van der Waals surface area contributed by atoms with Crippen LogP contribution in [0, 0.1) is 18.3 Å². The van der Waals surface area contributed by atoms with E-state index in [0.717, 1.165) is 10.1 Å². The van der Waals surface area contributed by atoms with Gasteiger partial charge < -0.3 is 5.73 Å². The summed E-state index contributed by atoms with van der Waals surface area (Å²) in [6.45, 7) is 2.03. The van der Waals surface area contributed by atoms with Crippen LogP contribution in [0.2, 0.25) is 0 Å². The maximum atomic E-state index is 8.77. The van der Waals surface area contributed by atoms with E-state index in [0.29, 0.717) is 10.6 Å². The van der Waals surface area contributed by atoms with Crippen molar-refractivity contribution in [2.45, 2.75) is 6.92 Å². The highest BCUT2D eigenvalue weighted by Gasteiger charge is 2.07. The van der Waals surface area contributed by atoms with Gasteiger partial charge in [-0.3, -0.25) is 0 Å². The quantitative estimate of drug-likeness (QED) is 0.691. The lowest BCUT2D eigenvalue weighted by molar-refractivity contribution is 1.51. The molecule has 1 aromatic heterocycles. The number of nitrogens with two attached hydrogens (primary N) is 1. The Morgan fingerprint density at radius 3 is 2.92 bits per heavy atom. The number of anilines is 1. The molecule has 13 heavy (non-hydrogen) atoms. The number of hydrogen-bond donors (Lipinski definition) is 1. The second kappa shape index (κ2) is 2.75. The average molecular weight is 188 g/mol. The van der Waals surface area contributed by atoms with Gasteiger partial charge in [-0.05, 0) is 18.6 Å². The molecule has 0 bridgehead atoms. The van der Waals surface area contributed by atoms with Gasteiger partial charge in [0, 0.05) is 10.1 Å². The van der Waals surface area contributed by atoms with E-state index >= 15 is 0 Å². The minimum absolute atomic E-state index is 0.612. The van der Waals surface area contributed by atoms with E-state index < -0.39 is 0 Å². The van der Waals surface area contributed by atoms with E-state index in [1.165, 1.54) is 16.9 Å². The fourth-order valence-corrected chi connectivity index (χ4v) is 2.33. The molecule has 0 radical (unpaired) electrons. The number of nitrogen functional groups attached to an aromatic ring is 1. The molecule has 0 fully saturated rings. The Hall–Kier alpha value is -1.53. The zero-order chi connectivity index (χ0) is 9.42. The number of nitrogens with zero attached hydrogens (tertiary/aromatic N) is 1. The fraction of sp³-hybridized carbons (Fsp3) is 0.100. The van der Waals surface area contributed by atoms with Crippen LogP contribution >= 0.6 is 11.3 Å². The Kier molecular flexibility index (Phi) is 1.71. The molecule has 2 N–H and O–H groups in total. The molecule has 0 unspecified atom stereocenters. The molecule has 1 heterocycles. The molecule has 1 aromatic carbocycles. The SMILES string of the molecule is Cc1ccc2c(N)c(C#N)sc2c1. The number of thiophene rings is 1. The first-order chi connectivity index (χ1) is 6.22. The average Bonchev–Trinajstić information content (AvgIpc) is 2.42. The third kappa shape index (κ3) is 1.16. The molecule has 0 aliphatic carbocycles. The van der Waals surface area contributed by atoms with Crippen molar-refractivity contribution in [2.75, 3.05) is 5.73 Å². The summed E-state index contributed by atoms with van der Waals surface area (Å²) in [7, 11) is 0. The lowest BCUT2D eigenvalue weighted by Gasteiger charge is -1.92. The molecule has 2 rings (SSSR count). The van der Waals surface area contributed by atoms with Gasteiger partial charge in [0.25, 0.3) is 0 Å². The van der Waals surface area contributed by atoms with E-state index in [2.05, 4.69) is 12.1 Å². The summed E-state index contributed by atoms with van der Waals surface area (Å²) < 4.78 is 1.09. The van der Waals surface area contributed by atoms with Crippen LogP contribution in [-0.4, -0.2) is 0 Å². The number of rotatable bonds is 0. The van der Waals surface area contributed by atoms with Gasteiger partial charge >= 0.3 is 0 Å². The Labute approximate surface area is 80.2 Å². The third-order valence-electron chi connectivity index (χ3n) is 1.99. The topological polar surface area (TPSA) is 49.8 Å². The van der Waals surface area contributed by atoms with E-state index in [1.807, 2.05) is 19.1 Å². The first kappa shape index (κ1) is 8.09. The minimum atomic E-state index is 0.612. The Morgan fingerprint density at radius 1 is 1.46 bits per heavy atom. The normalized spacial score (nSPS) is 10.2. The minimum Gasteiger partial charge on any atom is -0.396 e. The number of fused-ring (bicyclic) bond motifs is 1. The summed E-state index contributed by atoms with van der Waals surface area (Å²) in [6, 6.07) is 8.13. The molecular formula is C10H8N2S. The van der Waals surface area contributed by atoms with Crippen LogP contribution in [0.4, 0.5) is 5.69 Å². The van der Waals surface area contributed by atoms with Crippen LogP contribution in [0.15, 0.2) is 18.2 Å². The Morgan fingerprint density at radius 2 is 2.23 bits per heavy atom. The van der Waals surface area contributed by atoms with E-state index in [9.17, 15) is 0 Å². The van der Waals surface area contributed by atoms with Gasteiger partial charge in [0.2, 0.25) is 0 Å². The van der Waals surface area contributed by atoms with Crippen LogP contribution in [-0.2, 0) is 0 Å². The molecular weight excluding hydrogens is 180 g/mol. The van der Waals surface area contributed by atoms with Crippen LogP contribution in [0.25, 0.3) is 10.1 Å². The number of aryl methyl sites for hydroxylation is 1. The first-order valence-electron chi connectivity index (χ1n) is 3.91. The van der Waals surface area contributed by atoms with E-state index in [-0.39, 0.29) is 0 Å². The zero-order valence-electron chi connectivity index (χ0n) is 7.16. The molecule has 0 aliphatic heterocycles. The van der Waals surface area contributed by atoms with Gasteiger partial charge in [-0.15, -0.1) is 11.3 Å². The monoisotopic (exact) mass is 188 g/mol. The van der Waals surface area contributed by atoms with Crippen molar-refractivity contribution >= 4 is 27.1 Å². The highest BCUT2D eigenvalue weighted by molar-refractivity contribution is 7.20. The van der Waals surface area contributed by atoms with Crippen molar-refractivity contribution in [3.8, 4) is 6.07 Å². The second-order valence-electron chi connectivity index (χ2n) is 2.96. The fourth-order valence-electron chi connectivity index (χ4n) is 1.31. The molecule has 64 valence electrons. The molecule has 0 atom stereocenters. The molecule has 0 aliphatic rings. The van der Waals surface area contributed by atoms with E-state index in [1.54, 1.807) is 0 Å². The van der Waals surface area contributed by atoms with Crippen molar-refractivity contribution < 1.29 is 0 Å². The highest BCUT2D eigenvalue weighted by atomic mass is 32.1. The zero-order valence-corrected chi connectivity index (χ0v) is 7.98. The molecule has 0 saturated heterocycles. The lowest BCUT2D eigenvalue weighted by Crippen LogP contribution is -1.84. The van der Waals surface area contributed by atoms with Crippen LogP contribution in [0.3, 0.4) is 0 Å². The van der Waals surface area contributed by atoms with Gasteiger partial charge in [0.1, 0.15) is 10.9 Å². The largest absolute Gasteiger partial charge is 0.396 e. The Bertz CT molecular complexity index is 505. The smallest absolute Gasteiger partial charge is 0.129 e. The van der Waals surface area contributed by atoms with Gasteiger partial charge in [0.05, 0.1) is 5.69 Å². The first-order valence-corrected chi connectivity index (χ1v) is 4.73. The summed E-state index contributed by atoms with van der Waals surface area (Å²) in [4.78, 5) is 0.612. The van der Waals surface area contributed by atoms with Crippen LogP contribution in [0.1, 0.15) is 10.4 Å². The third-order valence-corrected chi connectivity index (χ3v) is 3.06. The second-order valence-corrected chi connectivity index (χ2v) is 4.01. The highest BCUT2D eigenvalue weighted by Crippen LogP contribution is 2.33. The number of nitriles is 1. The summed E-state index contributed by atoms with van der Waals surface area (Å²) >= 11 is 1.45. The lowest BCUT2D eigenvalue weighted by atomic mass is 10.2. The van der Waals surface area contributed by atoms with Gasteiger partial charge in [0.15, 0.2) is 0 Å². The maximum Gasteiger partial charge on any atom is 0.129 e. The molecule has 0 amide bonds. The molecule has 0 saturated carbocycles. The van der Waals surface area contributed by atoms with Crippen LogP contribution < -0.4 is 5.73 Å².